The highest BCUT2D eigenvalue weighted by Gasteiger charge is 2.38. The fourth-order valence-corrected chi connectivity index (χ4v) is 3.77. The van der Waals surface area contributed by atoms with Gasteiger partial charge in [0.1, 0.15) is 0 Å². The van der Waals surface area contributed by atoms with Gasteiger partial charge in [0.2, 0.25) is 0 Å². The fraction of sp³-hybridized carbons (Fsp3) is 0.588. The number of hydrogen-bond donors (Lipinski definition) is 1. The van der Waals surface area contributed by atoms with Crippen LogP contribution in [0, 0.1) is 11.3 Å². The van der Waals surface area contributed by atoms with Gasteiger partial charge in [-0.3, -0.25) is 0 Å². The maximum absolute atomic E-state index is 9.86. The van der Waals surface area contributed by atoms with Crippen molar-refractivity contribution in [2.45, 2.75) is 57.5 Å². The lowest BCUT2D eigenvalue weighted by Gasteiger charge is -2.38. The molecule has 114 valence electrons. The van der Waals surface area contributed by atoms with Crippen LogP contribution in [-0.2, 0) is 12.0 Å². The van der Waals surface area contributed by atoms with Crippen molar-refractivity contribution < 1.29 is 5.11 Å². The summed E-state index contributed by atoms with van der Waals surface area (Å²) in [4.78, 5) is 0. The van der Waals surface area contributed by atoms with Crippen LogP contribution in [0.3, 0.4) is 0 Å². The van der Waals surface area contributed by atoms with E-state index in [0.29, 0.717) is 0 Å². The average Bonchev–Trinajstić information content (AvgIpc) is 2.53. The summed E-state index contributed by atoms with van der Waals surface area (Å²) < 4.78 is 2.19. The smallest absolute Gasteiger partial charge is 0.0859 e. The first-order valence-electron chi connectivity index (χ1n) is 7.75. The zero-order valence-corrected chi connectivity index (χ0v) is 14.8. The van der Waals surface area contributed by atoms with E-state index in [1.807, 2.05) is 18.2 Å². The molecule has 1 aliphatic heterocycles. The molecule has 1 unspecified atom stereocenters. The summed E-state index contributed by atoms with van der Waals surface area (Å²) in [6.07, 6.45) is 6.56. The number of nitrogens with zero attached hydrogens (tertiary/aromatic N) is 2. The molecule has 1 aromatic rings. The first-order valence-corrected chi connectivity index (χ1v) is 8.72. The van der Waals surface area contributed by atoms with Gasteiger partial charge in [0.25, 0.3) is 0 Å². The monoisotopic (exact) mass is 398 g/mol. The van der Waals surface area contributed by atoms with Crippen LogP contribution in [0.15, 0.2) is 18.2 Å². The van der Waals surface area contributed by atoms with Gasteiger partial charge in [0, 0.05) is 6.54 Å². The summed E-state index contributed by atoms with van der Waals surface area (Å²) in [6.45, 7) is 3.15. The molecule has 0 spiro atoms. The second kappa shape index (κ2) is 7.46. The minimum absolute atomic E-state index is 0.0336. The molecule has 0 aliphatic carbocycles. The molecule has 0 aromatic heterocycles. The molecule has 1 atom stereocenters. The van der Waals surface area contributed by atoms with E-state index in [2.05, 4.69) is 39.0 Å². The Hall–Kier alpha value is -0.800. The highest BCUT2D eigenvalue weighted by atomic mass is 127. The van der Waals surface area contributed by atoms with Gasteiger partial charge < -0.3 is 8.22 Å². The molecule has 0 saturated carbocycles. The van der Waals surface area contributed by atoms with E-state index in [4.69, 9.17) is 0 Å². The van der Waals surface area contributed by atoms with E-state index >= 15 is 0 Å². The molecule has 0 fully saturated rings. The first-order chi connectivity index (χ1) is 10.2. The molecule has 1 N–H and O–H groups in total. The summed E-state index contributed by atoms with van der Waals surface area (Å²) in [5.41, 5.74) is 2.76. The normalized spacial score (nSPS) is 21.0. The molecular weight excluding hydrogens is 375 g/mol. The Morgan fingerprint density at radius 1 is 1.38 bits per heavy atom. The zero-order valence-electron chi connectivity index (χ0n) is 12.6. The molecule has 4 heteroatoms. The van der Waals surface area contributed by atoms with Crippen molar-refractivity contribution in [2.75, 3.05) is 9.66 Å². The van der Waals surface area contributed by atoms with Gasteiger partial charge in [0.05, 0.1) is 46.6 Å². The Morgan fingerprint density at radius 2 is 2.19 bits per heavy atom. The first kappa shape index (κ1) is 16.6. The van der Waals surface area contributed by atoms with E-state index in [9.17, 15) is 10.4 Å². The molecule has 3 nitrogen and oxygen atoms in total. The number of aliphatic hydroxyl groups is 1. The molecular formula is C17H23IN2O. The van der Waals surface area contributed by atoms with Gasteiger partial charge in [-0.25, -0.2) is 0 Å². The van der Waals surface area contributed by atoms with Gasteiger partial charge in [-0.1, -0.05) is 38.7 Å². The third-order valence-electron chi connectivity index (χ3n) is 4.43. The average molecular weight is 398 g/mol. The lowest BCUT2D eigenvalue weighted by molar-refractivity contribution is 0.281. The number of rotatable bonds is 6. The minimum Gasteiger partial charge on any atom is -0.392 e. The summed E-state index contributed by atoms with van der Waals surface area (Å²) in [5, 5.41) is 19.3. The standard InChI is InChI=1S/C17H23IN2O/c1-2-3-4-5-8-17(13-19)9-10-20(18)16-7-6-14(12-21)11-15(16)17/h6-7,11,21H,2-5,8-10,12H2,1H3. The van der Waals surface area contributed by atoms with Crippen molar-refractivity contribution in [1.29, 1.82) is 5.26 Å². The van der Waals surface area contributed by atoms with Gasteiger partial charge in [0.15, 0.2) is 0 Å². The summed E-state index contributed by atoms with van der Waals surface area (Å²) in [7, 11) is 0. The van der Waals surface area contributed by atoms with Crippen LogP contribution in [0.4, 0.5) is 5.69 Å². The second-order valence-corrected chi connectivity index (χ2v) is 7.01. The van der Waals surface area contributed by atoms with Crippen LogP contribution in [0.25, 0.3) is 0 Å². The highest BCUT2D eigenvalue weighted by Crippen LogP contribution is 2.44. The van der Waals surface area contributed by atoms with Crippen molar-refractivity contribution >= 4 is 28.6 Å². The Balaban J connectivity index is 2.31. The number of anilines is 1. The summed E-state index contributed by atoms with van der Waals surface area (Å²) in [6, 6.07) is 8.64. The van der Waals surface area contributed by atoms with Crippen molar-refractivity contribution in [3.63, 3.8) is 0 Å². The van der Waals surface area contributed by atoms with Crippen LogP contribution in [0.2, 0.25) is 0 Å². The predicted molar refractivity (Wildman–Crippen MR) is 94.4 cm³/mol. The number of benzene rings is 1. The van der Waals surface area contributed by atoms with E-state index in [0.717, 1.165) is 42.6 Å². The Kier molecular flexibility index (Phi) is 5.88. The Labute approximate surface area is 141 Å². The van der Waals surface area contributed by atoms with Gasteiger partial charge >= 0.3 is 0 Å². The molecule has 0 radical (unpaired) electrons. The van der Waals surface area contributed by atoms with Gasteiger partial charge in [-0.15, -0.1) is 0 Å². The van der Waals surface area contributed by atoms with Crippen molar-refractivity contribution in [1.82, 2.24) is 0 Å². The predicted octanol–water partition coefficient (Wildman–Crippen LogP) is 4.47. The summed E-state index contributed by atoms with van der Waals surface area (Å²) >= 11 is 2.32. The number of hydrogen-bond acceptors (Lipinski definition) is 3. The van der Waals surface area contributed by atoms with E-state index in [1.54, 1.807) is 0 Å². The number of aliphatic hydroxyl groups excluding tert-OH is 1. The van der Waals surface area contributed by atoms with Crippen molar-refractivity contribution in [3.8, 4) is 6.07 Å². The number of halogens is 1. The van der Waals surface area contributed by atoms with Gasteiger partial charge in [-0.05, 0) is 36.1 Å². The van der Waals surface area contributed by atoms with Crippen LogP contribution in [-0.4, -0.2) is 11.7 Å². The SMILES string of the molecule is CCCCCCC1(C#N)CCN(I)c2ccc(CO)cc21. The third kappa shape index (κ3) is 3.51. The molecule has 21 heavy (non-hydrogen) atoms. The summed E-state index contributed by atoms with van der Waals surface area (Å²) in [5.74, 6) is 0. The quantitative estimate of drug-likeness (QED) is 0.437. The van der Waals surface area contributed by atoms with E-state index in [-0.39, 0.29) is 12.0 Å². The lowest BCUT2D eigenvalue weighted by atomic mass is 9.72. The van der Waals surface area contributed by atoms with Crippen molar-refractivity contribution in [2.24, 2.45) is 0 Å². The topological polar surface area (TPSA) is 47.3 Å². The molecule has 1 aromatic carbocycles. The van der Waals surface area contributed by atoms with E-state index < -0.39 is 0 Å². The zero-order chi connectivity index (χ0) is 15.3. The maximum atomic E-state index is 9.86. The van der Waals surface area contributed by atoms with Crippen molar-refractivity contribution in [3.05, 3.63) is 29.3 Å². The third-order valence-corrected chi connectivity index (χ3v) is 5.43. The van der Waals surface area contributed by atoms with Crippen LogP contribution in [0.5, 0.6) is 0 Å². The number of unbranched alkanes of at least 4 members (excludes halogenated alkanes) is 3. The lowest BCUT2D eigenvalue weighted by Crippen LogP contribution is -2.35. The van der Waals surface area contributed by atoms with Crippen LogP contribution >= 0.6 is 22.9 Å². The van der Waals surface area contributed by atoms with Crippen LogP contribution < -0.4 is 3.11 Å². The Bertz CT molecular complexity index is 526. The van der Waals surface area contributed by atoms with Crippen LogP contribution in [0.1, 0.15) is 56.6 Å². The highest BCUT2D eigenvalue weighted by molar-refractivity contribution is 14.1. The molecule has 0 amide bonds. The Morgan fingerprint density at radius 3 is 2.86 bits per heavy atom. The fourth-order valence-electron chi connectivity index (χ4n) is 3.11. The number of fused-ring (bicyclic) bond motifs is 1. The molecule has 1 aliphatic rings. The van der Waals surface area contributed by atoms with E-state index in [1.165, 1.54) is 19.3 Å². The maximum Gasteiger partial charge on any atom is 0.0859 e. The molecule has 0 saturated heterocycles. The largest absolute Gasteiger partial charge is 0.392 e. The molecule has 1 heterocycles. The number of nitriles is 1. The minimum atomic E-state index is -0.379. The molecule has 0 bridgehead atoms. The molecule has 2 rings (SSSR count). The second-order valence-electron chi connectivity index (χ2n) is 5.85. The van der Waals surface area contributed by atoms with Gasteiger partial charge in [-0.2, -0.15) is 5.26 Å².